The van der Waals surface area contributed by atoms with Gasteiger partial charge in [0.15, 0.2) is 0 Å². The molecular weight excluding hydrogens is 226 g/mol. The van der Waals surface area contributed by atoms with Crippen LogP contribution in [-0.4, -0.2) is 43.3 Å². The molecule has 100 valence electrons. The zero-order valence-electron chi connectivity index (χ0n) is 11.6. The third-order valence-corrected chi connectivity index (χ3v) is 3.16. The van der Waals surface area contributed by atoms with Crippen molar-refractivity contribution in [1.29, 1.82) is 0 Å². The SMILES string of the molecule is Cc1cccc(OCCN2C[C@@H](C)O[C@@H](C)C2)c1. The number of hydrogen-bond donors (Lipinski definition) is 0. The first kappa shape index (κ1) is 13.4. The lowest BCUT2D eigenvalue weighted by Gasteiger charge is -2.35. The largest absolute Gasteiger partial charge is 0.492 e. The first-order valence-electron chi connectivity index (χ1n) is 6.71. The predicted molar refractivity (Wildman–Crippen MR) is 73.1 cm³/mol. The lowest BCUT2D eigenvalue weighted by atomic mass is 10.2. The number of nitrogens with zero attached hydrogens (tertiary/aromatic N) is 1. The first-order chi connectivity index (χ1) is 8.63. The van der Waals surface area contributed by atoms with Crippen molar-refractivity contribution in [1.82, 2.24) is 4.90 Å². The molecule has 0 unspecified atom stereocenters. The van der Waals surface area contributed by atoms with Crippen LogP contribution >= 0.6 is 0 Å². The van der Waals surface area contributed by atoms with Gasteiger partial charge < -0.3 is 9.47 Å². The van der Waals surface area contributed by atoms with Gasteiger partial charge in [0.2, 0.25) is 0 Å². The Morgan fingerprint density at radius 3 is 2.67 bits per heavy atom. The molecular formula is C15H23NO2. The lowest BCUT2D eigenvalue weighted by molar-refractivity contribution is -0.0699. The van der Waals surface area contributed by atoms with E-state index < -0.39 is 0 Å². The summed E-state index contributed by atoms with van der Waals surface area (Å²) in [7, 11) is 0. The summed E-state index contributed by atoms with van der Waals surface area (Å²) in [5.41, 5.74) is 1.24. The molecule has 0 aliphatic carbocycles. The topological polar surface area (TPSA) is 21.7 Å². The fourth-order valence-electron chi connectivity index (χ4n) is 2.46. The molecule has 1 saturated heterocycles. The third-order valence-electron chi connectivity index (χ3n) is 3.16. The van der Waals surface area contributed by atoms with Gasteiger partial charge in [-0.05, 0) is 38.5 Å². The van der Waals surface area contributed by atoms with E-state index >= 15 is 0 Å². The van der Waals surface area contributed by atoms with E-state index in [-0.39, 0.29) is 0 Å². The van der Waals surface area contributed by atoms with E-state index in [1.54, 1.807) is 0 Å². The van der Waals surface area contributed by atoms with Crippen molar-refractivity contribution in [3.05, 3.63) is 29.8 Å². The number of rotatable bonds is 4. The molecule has 0 saturated carbocycles. The fraction of sp³-hybridized carbons (Fsp3) is 0.600. The Hall–Kier alpha value is -1.06. The summed E-state index contributed by atoms with van der Waals surface area (Å²) in [4.78, 5) is 2.41. The molecule has 1 heterocycles. The summed E-state index contributed by atoms with van der Waals surface area (Å²) in [5, 5.41) is 0. The number of ether oxygens (including phenoxy) is 2. The highest BCUT2D eigenvalue weighted by Crippen LogP contribution is 2.13. The second-order valence-corrected chi connectivity index (χ2v) is 5.18. The molecule has 3 nitrogen and oxygen atoms in total. The summed E-state index contributed by atoms with van der Waals surface area (Å²) in [6.45, 7) is 10.0. The number of morpholine rings is 1. The van der Waals surface area contributed by atoms with Crippen LogP contribution in [0.15, 0.2) is 24.3 Å². The van der Waals surface area contributed by atoms with Crippen molar-refractivity contribution in [3.8, 4) is 5.75 Å². The average molecular weight is 249 g/mol. The van der Waals surface area contributed by atoms with Gasteiger partial charge in [0, 0.05) is 19.6 Å². The summed E-state index contributed by atoms with van der Waals surface area (Å²) >= 11 is 0. The zero-order chi connectivity index (χ0) is 13.0. The van der Waals surface area contributed by atoms with Crippen LogP contribution in [0.1, 0.15) is 19.4 Å². The molecule has 1 aliphatic rings. The van der Waals surface area contributed by atoms with Crippen LogP contribution < -0.4 is 4.74 Å². The molecule has 1 aliphatic heterocycles. The maximum atomic E-state index is 5.78. The van der Waals surface area contributed by atoms with Crippen LogP contribution in [0, 0.1) is 6.92 Å². The summed E-state index contributed by atoms with van der Waals surface area (Å²) in [6.07, 6.45) is 0.653. The zero-order valence-corrected chi connectivity index (χ0v) is 11.6. The molecule has 0 bridgehead atoms. The van der Waals surface area contributed by atoms with E-state index in [9.17, 15) is 0 Å². The Kier molecular flexibility index (Phi) is 4.61. The van der Waals surface area contributed by atoms with E-state index in [1.165, 1.54) is 5.56 Å². The van der Waals surface area contributed by atoms with Gasteiger partial charge in [0.25, 0.3) is 0 Å². The van der Waals surface area contributed by atoms with E-state index in [0.717, 1.165) is 32.0 Å². The Bertz CT molecular complexity index is 371. The first-order valence-corrected chi connectivity index (χ1v) is 6.71. The lowest BCUT2D eigenvalue weighted by Crippen LogP contribution is -2.46. The summed E-state index contributed by atoms with van der Waals surface area (Å²) < 4.78 is 11.5. The highest BCUT2D eigenvalue weighted by atomic mass is 16.5. The molecule has 0 N–H and O–H groups in total. The molecule has 0 spiro atoms. The normalized spacial score (nSPS) is 25.1. The third kappa shape index (κ3) is 4.00. The van der Waals surface area contributed by atoms with Crippen molar-refractivity contribution in [2.45, 2.75) is 33.0 Å². The average Bonchev–Trinajstić information content (AvgIpc) is 2.27. The highest BCUT2D eigenvalue weighted by Gasteiger charge is 2.21. The second-order valence-electron chi connectivity index (χ2n) is 5.18. The van der Waals surface area contributed by atoms with E-state index in [0.29, 0.717) is 12.2 Å². The molecule has 0 radical (unpaired) electrons. The van der Waals surface area contributed by atoms with E-state index in [2.05, 4.69) is 37.8 Å². The molecule has 2 rings (SSSR count). The Morgan fingerprint density at radius 2 is 2.00 bits per heavy atom. The maximum Gasteiger partial charge on any atom is 0.119 e. The Labute approximate surface area is 110 Å². The van der Waals surface area contributed by atoms with Crippen molar-refractivity contribution in [2.75, 3.05) is 26.2 Å². The maximum absolute atomic E-state index is 5.78. The monoisotopic (exact) mass is 249 g/mol. The Morgan fingerprint density at radius 1 is 1.28 bits per heavy atom. The predicted octanol–water partition coefficient (Wildman–Crippen LogP) is 2.48. The number of aryl methyl sites for hydroxylation is 1. The van der Waals surface area contributed by atoms with Crippen LogP contribution in [0.5, 0.6) is 5.75 Å². The van der Waals surface area contributed by atoms with Gasteiger partial charge in [-0.25, -0.2) is 0 Å². The van der Waals surface area contributed by atoms with Gasteiger partial charge in [0.05, 0.1) is 12.2 Å². The minimum absolute atomic E-state index is 0.327. The van der Waals surface area contributed by atoms with Crippen molar-refractivity contribution in [3.63, 3.8) is 0 Å². The van der Waals surface area contributed by atoms with Crippen LogP contribution in [0.25, 0.3) is 0 Å². The van der Waals surface area contributed by atoms with Gasteiger partial charge >= 0.3 is 0 Å². The number of hydrogen-bond acceptors (Lipinski definition) is 3. The van der Waals surface area contributed by atoms with E-state index in [1.807, 2.05) is 12.1 Å². The van der Waals surface area contributed by atoms with Gasteiger partial charge in [-0.2, -0.15) is 0 Å². The Balaban J connectivity index is 1.75. The molecule has 1 fully saturated rings. The fourth-order valence-corrected chi connectivity index (χ4v) is 2.46. The second kappa shape index (κ2) is 6.21. The minimum atomic E-state index is 0.327. The van der Waals surface area contributed by atoms with Crippen LogP contribution in [0.2, 0.25) is 0 Å². The van der Waals surface area contributed by atoms with Crippen LogP contribution in [0.3, 0.4) is 0 Å². The standard InChI is InChI=1S/C15H23NO2/c1-12-5-4-6-15(9-12)17-8-7-16-10-13(2)18-14(3)11-16/h4-6,9,13-14H,7-8,10-11H2,1-3H3/t13-,14+. The minimum Gasteiger partial charge on any atom is -0.492 e. The smallest absolute Gasteiger partial charge is 0.119 e. The molecule has 18 heavy (non-hydrogen) atoms. The summed E-state index contributed by atoms with van der Waals surface area (Å²) in [6, 6.07) is 8.20. The number of benzene rings is 1. The van der Waals surface area contributed by atoms with Crippen molar-refractivity contribution >= 4 is 0 Å². The van der Waals surface area contributed by atoms with Crippen molar-refractivity contribution in [2.24, 2.45) is 0 Å². The van der Waals surface area contributed by atoms with E-state index in [4.69, 9.17) is 9.47 Å². The van der Waals surface area contributed by atoms with Gasteiger partial charge in [0.1, 0.15) is 12.4 Å². The van der Waals surface area contributed by atoms with Gasteiger partial charge in [-0.1, -0.05) is 12.1 Å². The van der Waals surface area contributed by atoms with Crippen molar-refractivity contribution < 1.29 is 9.47 Å². The molecule has 1 aromatic rings. The van der Waals surface area contributed by atoms with Gasteiger partial charge in [-0.3, -0.25) is 4.90 Å². The van der Waals surface area contributed by atoms with Crippen LogP contribution in [-0.2, 0) is 4.74 Å². The molecule has 2 atom stereocenters. The van der Waals surface area contributed by atoms with Gasteiger partial charge in [-0.15, -0.1) is 0 Å². The molecule has 0 amide bonds. The van der Waals surface area contributed by atoms with Crippen LogP contribution in [0.4, 0.5) is 0 Å². The molecule has 0 aromatic heterocycles. The molecule has 1 aromatic carbocycles. The molecule has 3 heteroatoms. The highest BCUT2D eigenvalue weighted by molar-refractivity contribution is 5.27. The summed E-state index contributed by atoms with van der Waals surface area (Å²) in [5.74, 6) is 0.962. The quantitative estimate of drug-likeness (QED) is 0.818.